The molecule has 0 radical (unpaired) electrons. The quantitative estimate of drug-likeness (QED) is 0.839. The molecular weight excluding hydrogens is 336 g/mol. The predicted octanol–water partition coefficient (Wildman–Crippen LogP) is 2.82. The molecular formula is C16H17ClN2O3S. The van der Waals surface area contributed by atoms with Crippen LogP contribution in [0.1, 0.15) is 12.5 Å². The van der Waals surface area contributed by atoms with Crippen LogP contribution in [0.25, 0.3) is 0 Å². The zero-order valence-corrected chi connectivity index (χ0v) is 14.1. The van der Waals surface area contributed by atoms with E-state index in [0.717, 1.165) is 12.0 Å². The third-order valence-electron chi connectivity index (χ3n) is 3.19. The van der Waals surface area contributed by atoms with E-state index in [2.05, 4.69) is 10.0 Å². The lowest BCUT2D eigenvalue weighted by atomic mass is 10.2. The number of carbonyl (C=O) groups is 1. The van der Waals surface area contributed by atoms with Crippen molar-refractivity contribution in [3.05, 3.63) is 59.1 Å². The Hall–Kier alpha value is -1.89. The maximum absolute atomic E-state index is 12.1. The van der Waals surface area contributed by atoms with Gasteiger partial charge in [0.2, 0.25) is 15.9 Å². The van der Waals surface area contributed by atoms with Crippen LogP contribution in [0.15, 0.2) is 53.4 Å². The van der Waals surface area contributed by atoms with Crippen molar-refractivity contribution in [2.24, 2.45) is 0 Å². The van der Waals surface area contributed by atoms with Crippen molar-refractivity contribution in [3.63, 3.8) is 0 Å². The fraction of sp³-hybridized carbons (Fsp3) is 0.188. The SMILES string of the molecule is CCc1ccc(S(=O)(=O)NCC(=O)Nc2ccc(Cl)cc2)cc1. The lowest BCUT2D eigenvalue weighted by Crippen LogP contribution is -2.32. The summed E-state index contributed by atoms with van der Waals surface area (Å²) in [6.07, 6.45) is 0.831. The van der Waals surface area contributed by atoms with Crippen molar-refractivity contribution in [1.82, 2.24) is 4.72 Å². The molecule has 0 atom stereocenters. The first-order valence-electron chi connectivity index (χ1n) is 7.05. The topological polar surface area (TPSA) is 75.3 Å². The number of amides is 1. The Morgan fingerprint density at radius 2 is 1.65 bits per heavy atom. The highest BCUT2D eigenvalue weighted by Crippen LogP contribution is 2.13. The van der Waals surface area contributed by atoms with E-state index in [4.69, 9.17) is 11.6 Å². The lowest BCUT2D eigenvalue weighted by molar-refractivity contribution is -0.115. The standard InChI is InChI=1S/C16H17ClN2O3S/c1-2-12-3-9-15(10-4-12)23(21,22)18-11-16(20)19-14-7-5-13(17)6-8-14/h3-10,18H,2,11H2,1H3,(H,19,20). The summed E-state index contributed by atoms with van der Waals surface area (Å²) in [4.78, 5) is 11.9. The smallest absolute Gasteiger partial charge is 0.241 e. The largest absolute Gasteiger partial charge is 0.325 e. The first kappa shape index (κ1) is 17.5. The summed E-state index contributed by atoms with van der Waals surface area (Å²) in [5, 5.41) is 3.14. The molecule has 23 heavy (non-hydrogen) atoms. The summed E-state index contributed by atoms with van der Waals surface area (Å²) >= 11 is 5.75. The molecule has 1 amide bonds. The molecule has 0 unspecified atom stereocenters. The van der Waals surface area contributed by atoms with Crippen LogP contribution in [0.2, 0.25) is 5.02 Å². The van der Waals surface area contributed by atoms with Crippen molar-refractivity contribution < 1.29 is 13.2 Å². The minimum Gasteiger partial charge on any atom is -0.325 e. The van der Waals surface area contributed by atoms with Gasteiger partial charge in [0.15, 0.2) is 0 Å². The van der Waals surface area contributed by atoms with E-state index in [9.17, 15) is 13.2 Å². The number of halogens is 1. The summed E-state index contributed by atoms with van der Waals surface area (Å²) in [6, 6.07) is 13.1. The average molecular weight is 353 g/mol. The minimum atomic E-state index is -3.71. The molecule has 0 bridgehead atoms. The molecule has 0 fully saturated rings. The molecule has 0 heterocycles. The van der Waals surface area contributed by atoms with Crippen LogP contribution < -0.4 is 10.0 Å². The monoisotopic (exact) mass is 352 g/mol. The van der Waals surface area contributed by atoms with Crippen LogP contribution in [-0.2, 0) is 21.2 Å². The Morgan fingerprint density at radius 1 is 1.04 bits per heavy atom. The maximum Gasteiger partial charge on any atom is 0.241 e. The molecule has 0 spiro atoms. The van der Waals surface area contributed by atoms with E-state index in [1.54, 1.807) is 36.4 Å². The van der Waals surface area contributed by atoms with Gasteiger partial charge in [0.25, 0.3) is 0 Å². The van der Waals surface area contributed by atoms with E-state index >= 15 is 0 Å². The highest BCUT2D eigenvalue weighted by Gasteiger charge is 2.15. The third-order valence-corrected chi connectivity index (χ3v) is 4.86. The lowest BCUT2D eigenvalue weighted by Gasteiger charge is -2.08. The van der Waals surface area contributed by atoms with Crippen molar-refractivity contribution in [3.8, 4) is 0 Å². The summed E-state index contributed by atoms with van der Waals surface area (Å²) < 4.78 is 26.5. The van der Waals surface area contributed by atoms with Gasteiger partial charge in [-0.15, -0.1) is 0 Å². The molecule has 0 aliphatic rings. The fourth-order valence-electron chi connectivity index (χ4n) is 1.89. The highest BCUT2D eigenvalue weighted by atomic mass is 35.5. The van der Waals surface area contributed by atoms with Gasteiger partial charge in [-0.25, -0.2) is 13.1 Å². The zero-order valence-electron chi connectivity index (χ0n) is 12.5. The summed E-state index contributed by atoms with van der Waals surface area (Å²) in [6.45, 7) is 1.64. The predicted molar refractivity (Wildman–Crippen MR) is 91.1 cm³/mol. The second kappa shape index (κ2) is 7.59. The third kappa shape index (κ3) is 5.06. The van der Waals surface area contributed by atoms with Crippen LogP contribution in [-0.4, -0.2) is 20.9 Å². The molecule has 122 valence electrons. The van der Waals surface area contributed by atoms with E-state index in [1.807, 2.05) is 6.92 Å². The second-order valence-corrected chi connectivity index (χ2v) is 7.08. The first-order chi connectivity index (χ1) is 10.9. The van der Waals surface area contributed by atoms with Gasteiger partial charge >= 0.3 is 0 Å². The van der Waals surface area contributed by atoms with Gasteiger partial charge in [0.05, 0.1) is 11.4 Å². The van der Waals surface area contributed by atoms with Gasteiger partial charge < -0.3 is 5.32 Å². The highest BCUT2D eigenvalue weighted by molar-refractivity contribution is 7.89. The van der Waals surface area contributed by atoms with Crippen LogP contribution in [0.3, 0.4) is 0 Å². The molecule has 0 saturated heterocycles. The Kier molecular flexibility index (Phi) is 5.76. The number of hydrogen-bond donors (Lipinski definition) is 2. The molecule has 2 N–H and O–H groups in total. The molecule has 0 saturated carbocycles. The van der Waals surface area contributed by atoms with Crippen LogP contribution in [0, 0.1) is 0 Å². The van der Waals surface area contributed by atoms with Crippen molar-refractivity contribution in [1.29, 1.82) is 0 Å². The Bertz CT molecular complexity index is 772. The number of rotatable bonds is 6. The zero-order chi connectivity index (χ0) is 16.9. The molecule has 2 rings (SSSR count). The Balaban J connectivity index is 1.95. The number of aryl methyl sites for hydroxylation is 1. The molecule has 0 aliphatic heterocycles. The molecule has 0 aromatic heterocycles. The molecule has 2 aromatic rings. The van der Waals surface area contributed by atoms with E-state index in [1.165, 1.54) is 12.1 Å². The summed E-state index contributed by atoms with van der Waals surface area (Å²) in [7, 11) is -3.71. The van der Waals surface area contributed by atoms with Gasteiger partial charge in [-0.2, -0.15) is 0 Å². The average Bonchev–Trinajstić information content (AvgIpc) is 2.55. The number of sulfonamides is 1. The van der Waals surface area contributed by atoms with E-state index in [0.29, 0.717) is 10.7 Å². The van der Waals surface area contributed by atoms with Gasteiger partial charge in [0, 0.05) is 10.7 Å². The van der Waals surface area contributed by atoms with Gasteiger partial charge in [0.1, 0.15) is 0 Å². The van der Waals surface area contributed by atoms with Crippen molar-refractivity contribution >= 4 is 33.2 Å². The molecule has 7 heteroatoms. The number of benzene rings is 2. The van der Waals surface area contributed by atoms with Crippen LogP contribution in [0.4, 0.5) is 5.69 Å². The maximum atomic E-state index is 12.1. The number of carbonyl (C=O) groups excluding carboxylic acids is 1. The van der Waals surface area contributed by atoms with Crippen LogP contribution >= 0.6 is 11.6 Å². The number of nitrogens with one attached hydrogen (secondary N) is 2. The van der Waals surface area contributed by atoms with Crippen LogP contribution in [0.5, 0.6) is 0 Å². The first-order valence-corrected chi connectivity index (χ1v) is 8.91. The fourth-order valence-corrected chi connectivity index (χ4v) is 2.99. The van der Waals surface area contributed by atoms with Crippen molar-refractivity contribution in [2.45, 2.75) is 18.2 Å². The Labute approximate surface area is 140 Å². The second-order valence-electron chi connectivity index (χ2n) is 4.88. The number of anilines is 1. The normalized spacial score (nSPS) is 11.2. The summed E-state index contributed by atoms with van der Waals surface area (Å²) in [5.41, 5.74) is 1.59. The van der Waals surface area contributed by atoms with E-state index in [-0.39, 0.29) is 11.4 Å². The van der Waals surface area contributed by atoms with E-state index < -0.39 is 15.9 Å². The molecule has 0 aliphatic carbocycles. The minimum absolute atomic E-state index is 0.133. The number of hydrogen-bond acceptors (Lipinski definition) is 3. The molecule has 5 nitrogen and oxygen atoms in total. The van der Waals surface area contributed by atoms with Crippen molar-refractivity contribution in [2.75, 3.05) is 11.9 Å². The Morgan fingerprint density at radius 3 is 2.22 bits per heavy atom. The molecule has 2 aromatic carbocycles. The van der Waals surface area contributed by atoms with Gasteiger partial charge in [-0.3, -0.25) is 4.79 Å². The van der Waals surface area contributed by atoms with Gasteiger partial charge in [-0.05, 0) is 48.4 Å². The summed E-state index contributed by atoms with van der Waals surface area (Å²) in [5.74, 6) is -0.457. The van der Waals surface area contributed by atoms with Gasteiger partial charge in [-0.1, -0.05) is 30.7 Å².